The van der Waals surface area contributed by atoms with Crippen LogP contribution >= 0.6 is 11.8 Å². The summed E-state index contributed by atoms with van der Waals surface area (Å²) in [5.74, 6) is 0.395. The lowest BCUT2D eigenvalue weighted by molar-refractivity contribution is -0.129. The summed E-state index contributed by atoms with van der Waals surface area (Å²) in [6.07, 6.45) is 5.87. The van der Waals surface area contributed by atoms with Crippen molar-refractivity contribution in [3.8, 4) is 0 Å². The number of carbonyl (C=O) groups is 1. The average molecular weight is 331 g/mol. The van der Waals surface area contributed by atoms with E-state index in [1.165, 1.54) is 31.0 Å². The molecule has 0 unspecified atom stereocenters. The lowest BCUT2D eigenvalue weighted by Gasteiger charge is -2.31. The Hall–Kier alpha value is -1.82. The maximum Gasteiger partial charge on any atom is 0.259 e. The third-order valence-corrected chi connectivity index (χ3v) is 5.30. The summed E-state index contributed by atoms with van der Waals surface area (Å²) in [7, 11) is 1.88. The van der Waals surface area contributed by atoms with Crippen molar-refractivity contribution in [2.75, 3.05) is 12.8 Å². The Labute approximate surface area is 139 Å². The summed E-state index contributed by atoms with van der Waals surface area (Å²) >= 11 is 1.29. The highest BCUT2D eigenvalue weighted by molar-refractivity contribution is 7.99. The Morgan fingerprint density at radius 3 is 2.83 bits per heavy atom. The number of carbonyl (C=O) groups excluding carboxylic acids is 1. The minimum absolute atomic E-state index is 0.0951. The maximum absolute atomic E-state index is 12.3. The fourth-order valence-electron chi connectivity index (χ4n) is 3.04. The smallest absolute Gasteiger partial charge is 0.259 e. The molecule has 6 heteroatoms. The first-order valence-corrected chi connectivity index (χ1v) is 9.01. The van der Waals surface area contributed by atoms with Gasteiger partial charge in [0.25, 0.3) is 5.56 Å². The van der Waals surface area contributed by atoms with Gasteiger partial charge < -0.3 is 9.88 Å². The van der Waals surface area contributed by atoms with Crippen LogP contribution in [0.4, 0.5) is 0 Å². The molecule has 1 aromatic carbocycles. The van der Waals surface area contributed by atoms with E-state index in [1.54, 1.807) is 6.07 Å². The number of H-pyrrole nitrogens is 1. The monoisotopic (exact) mass is 331 g/mol. The van der Waals surface area contributed by atoms with Crippen LogP contribution in [0.5, 0.6) is 0 Å². The standard InChI is InChI=1S/C17H21N3O2S/c1-20(12-7-3-2-4-8-12)15(21)11-23-17-18-14-10-6-5-9-13(14)16(22)19-17/h5-6,9-10,12H,2-4,7-8,11H2,1H3,(H,18,19,22). The van der Waals surface area contributed by atoms with E-state index >= 15 is 0 Å². The summed E-state index contributed by atoms with van der Waals surface area (Å²) in [5.41, 5.74) is 0.498. The number of hydrogen-bond acceptors (Lipinski definition) is 4. The van der Waals surface area contributed by atoms with Crippen molar-refractivity contribution in [2.45, 2.75) is 43.3 Å². The summed E-state index contributed by atoms with van der Waals surface area (Å²) in [6.45, 7) is 0. The summed E-state index contributed by atoms with van der Waals surface area (Å²) in [5, 5.41) is 1.07. The zero-order chi connectivity index (χ0) is 16.2. The van der Waals surface area contributed by atoms with Crippen LogP contribution in [0.25, 0.3) is 10.9 Å². The number of hydrogen-bond donors (Lipinski definition) is 1. The van der Waals surface area contributed by atoms with Gasteiger partial charge in [0.2, 0.25) is 5.91 Å². The number of aromatic nitrogens is 2. The van der Waals surface area contributed by atoms with E-state index in [0.717, 1.165) is 12.8 Å². The molecule has 0 bridgehead atoms. The van der Waals surface area contributed by atoms with Crippen molar-refractivity contribution in [3.05, 3.63) is 34.6 Å². The molecule has 1 heterocycles. The highest BCUT2D eigenvalue weighted by Crippen LogP contribution is 2.23. The summed E-state index contributed by atoms with van der Waals surface area (Å²) in [4.78, 5) is 33.4. The molecule has 1 N–H and O–H groups in total. The molecular weight excluding hydrogens is 310 g/mol. The molecule has 1 amide bonds. The second-order valence-electron chi connectivity index (χ2n) is 5.97. The first kappa shape index (κ1) is 16.1. The summed E-state index contributed by atoms with van der Waals surface area (Å²) in [6, 6.07) is 7.59. The number of nitrogens with zero attached hydrogens (tertiary/aromatic N) is 2. The van der Waals surface area contributed by atoms with Gasteiger partial charge in [-0.2, -0.15) is 0 Å². The normalized spacial score (nSPS) is 15.7. The minimum Gasteiger partial charge on any atom is -0.342 e. The third kappa shape index (κ3) is 3.75. The second-order valence-corrected chi connectivity index (χ2v) is 6.94. The van der Waals surface area contributed by atoms with Crippen molar-refractivity contribution in [1.82, 2.24) is 14.9 Å². The first-order valence-electron chi connectivity index (χ1n) is 8.02. The number of benzene rings is 1. The van der Waals surface area contributed by atoms with Gasteiger partial charge in [-0.25, -0.2) is 4.98 Å². The van der Waals surface area contributed by atoms with Crippen LogP contribution in [0.2, 0.25) is 0 Å². The molecule has 0 radical (unpaired) electrons. The zero-order valence-corrected chi connectivity index (χ0v) is 14.1. The number of fused-ring (bicyclic) bond motifs is 1. The number of thioether (sulfide) groups is 1. The van der Waals surface area contributed by atoms with Crippen molar-refractivity contribution in [1.29, 1.82) is 0 Å². The quantitative estimate of drug-likeness (QED) is 0.691. The highest BCUT2D eigenvalue weighted by atomic mass is 32.2. The van der Waals surface area contributed by atoms with Gasteiger partial charge in [-0.1, -0.05) is 43.2 Å². The molecule has 0 atom stereocenters. The van der Waals surface area contributed by atoms with Gasteiger partial charge in [0, 0.05) is 13.1 Å². The van der Waals surface area contributed by atoms with Gasteiger partial charge >= 0.3 is 0 Å². The molecule has 1 saturated carbocycles. The van der Waals surface area contributed by atoms with Gasteiger partial charge in [0.1, 0.15) is 0 Å². The number of amides is 1. The highest BCUT2D eigenvalue weighted by Gasteiger charge is 2.22. The van der Waals surface area contributed by atoms with E-state index in [9.17, 15) is 9.59 Å². The Bertz CT molecular complexity index is 753. The van der Waals surface area contributed by atoms with Crippen LogP contribution in [0, 0.1) is 0 Å². The molecule has 0 aliphatic heterocycles. The van der Waals surface area contributed by atoms with Crippen LogP contribution < -0.4 is 5.56 Å². The molecule has 1 aliphatic rings. The molecule has 0 saturated heterocycles. The predicted molar refractivity (Wildman–Crippen MR) is 92.7 cm³/mol. The lowest BCUT2D eigenvalue weighted by Crippen LogP contribution is -2.39. The average Bonchev–Trinajstić information content (AvgIpc) is 2.60. The fraction of sp³-hybridized carbons (Fsp3) is 0.471. The van der Waals surface area contributed by atoms with E-state index in [4.69, 9.17) is 0 Å². The Morgan fingerprint density at radius 2 is 2.04 bits per heavy atom. The van der Waals surface area contributed by atoms with Crippen LogP contribution in [0.3, 0.4) is 0 Å². The van der Waals surface area contributed by atoms with Gasteiger partial charge in [0.15, 0.2) is 5.16 Å². The van der Waals surface area contributed by atoms with Crippen molar-refractivity contribution >= 4 is 28.6 Å². The molecular formula is C17H21N3O2S. The topological polar surface area (TPSA) is 66.1 Å². The third-order valence-electron chi connectivity index (χ3n) is 4.44. The molecule has 5 nitrogen and oxygen atoms in total. The van der Waals surface area contributed by atoms with E-state index in [0.29, 0.717) is 27.9 Å². The van der Waals surface area contributed by atoms with Crippen molar-refractivity contribution in [3.63, 3.8) is 0 Å². The fourth-order valence-corrected chi connectivity index (χ4v) is 3.83. The Kier molecular flexibility index (Phi) is 5.00. The molecule has 1 fully saturated rings. The zero-order valence-electron chi connectivity index (χ0n) is 13.2. The molecule has 3 rings (SSSR count). The van der Waals surface area contributed by atoms with Crippen LogP contribution in [-0.2, 0) is 4.79 Å². The largest absolute Gasteiger partial charge is 0.342 e. The number of aromatic amines is 1. The van der Waals surface area contributed by atoms with Crippen LogP contribution in [0.1, 0.15) is 32.1 Å². The van der Waals surface area contributed by atoms with Crippen LogP contribution in [0.15, 0.2) is 34.2 Å². The van der Waals surface area contributed by atoms with Gasteiger partial charge in [0.05, 0.1) is 16.7 Å². The molecule has 23 heavy (non-hydrogen) atoms. The number of nitrogens with one attached hydrogen (secondary N) is 1. The predicted octanol–water partition coefficient (Wildman–Crippen LogP) is 2.81. The summed E-state index contributed by atoms with van der Waals surface area (Å²) < 4.78 is 0. The lowest BCUT2D eigenvalue weighted by atomic mass is 9.94. The molecule has 1 aliphatic carbocycles. The molecule has 1 aromatic heterocycles. The van der Waals surface area contributed by atoms with Gasteiger partial charge in [-0.3, -0.25) is 9.59 Å². The maximum atomic E-state index is 12.3. The Balaban J connectivity index is 1.65. The minimum atomic E-state index is -0.161. The second kappa shape index (κ2) is 7.17. The van der Waals surface area contributed by atoms with Crippen molar-refractivity contribution in [2.24, 2.45) is 0 Å². The number of para-hydroxylation sites is 1. The van der Waals surface area contributed by atoms with Crippen molar-refractivity contribution < 1.29 is 4.79 Å². The first-order chi connectivity index (χ1) is 11.1. The van der Waals surface area contributed by atoms with E-state index in [1.807, 2.05) is 30.1 Å². The SMILES string of the molecule is CN(C(=O)CSc1nc2ccccc2c(=O)[nH]1)C1CCCCC1. The van der Waals surface area contributed by atoms with E-state index in [2.05, 4.69) is 9.97 Å². The van der Waals surface area contributed by atoms with Gasteiger partial charge in [-0.05, 0) is 25.0 Å². The Morgan fingerprint density at radius 1 is 1.30 bits per heavy atom. The number of rotatable bonds is 4. The van der Waals surface area contributed by atoms with Gasteiger partial charge in [-0.15, -0.1) is 0 Å². The molecule has 122 valence electrons. The molecule has 2 aromatic rings. The van der Waals surface area contributed by atoms with E-state index < -0.39 is 0 Å². The van der Waals surface area contributed by atoms with E-state index in [-0.39, 0.29) is 11.5 Å². The molecule has 0 spiro atoms. The van der Waals surface area contributed by atoms with Crippen LogP contribution in [-0.4, -0.2) is 39.6 Å².